The first-order valence-electron chi connectivity index (χ1n) is 11.1. The summed E-state index contributed by atoms with van der Waals surface area (Å²) in [6, 6.07) is 4.81. The Kier molecular flexibility index (Phi) is 6.49. The van der Waals surface area contributed by atoms with Crippen molar-refractivity contribution in [3.8, 4) is 0 Å². The number of hydrogen-bond acceptors (Lipinski definition) is 5. The summed E-state index contributed by atoms with van der Waals surface area (Å²) in [6.07, 6.45) is 1.34. The van der Waals surface area contributed by atoms with E-state index in [1.165, 1.54) is 26.0 Å². The monoisotopic (exact) mass is 531 g/mol. The number of benzene rings is 2. The second-order valence-electron chi connectivity index (χ2n) is 9.96. The Bertz CT molecular complexity index is 1260. The van der Waals surface area contributed by atoms with Crippen LogP contribution in [0.15, 0.2) is 35.2 Å². The molecule has 4 atom stereocenters. The van der Waals surface area contributed by atoms with Gasteiger partial charge in [-0.1, -0.05) is 11.6 Å². The lowest BCUT2D eigenvalue weighted by Crippen LogP contribution is -2.57. The molecule has 0 aromatic heterocycles. The van der Waals surface area contributed by atoms with Crippen molar-refractivity contribution >= 4 is 33.0 Å². The zero-order chi connectivity index (χ0) is 25.9. The summed E-state index contributed by atoms with van der Waals surface area (Å²) in [4.78, 5) is 12.4. The number of nitrogens with one attached hydrogen (secondary N) is 1. The number of amides is 1. The lowest BCUT2D eigenvalue weighted by atomic mass is 9.69. The molecule has 35 heavy (non-hydrogen) atoms. The maximum absolute atomic E-state index is 13.7. The van der Waals surface area contributed by atoms with Gasteiger partial charge in [0.2, 0.25) is 0 Å². The highest BCUT2D eigenvalue weighted by atomic mass is 35.5. The van der Waals surface area contributed by atoms with Gasteiger partial charge >= 0.3 is 0 Å². The first kappa shape index (κ1) is 25.9. The Morgan fingerprint density at radius 2 is 1.63 bits per heavy atom. The molecule has 1 amide bonds. The Morgan fingerprint density at radius 3 is 2.14 bits per heavy atom. The third-order valence-electron chi connectivity index (χ3n) is 7.28. The van der Waals surface area contributed by atoms with Crippen LogP contribution >= 0.6 is 11.6 Å². The molecule has 2 bridgehead atoms. The molecule has 11 heteroatoms. The van der Waals surface area contributed by atoms with E-state index in [1.54, 1.807) is 0 Å². The van der Waals surface area contributed by atoms with E-state index in [0.29, 0.717) is 25.0 Å². The van der Waals surface area contributed by atoms with Gasteiger partial charge in [0.25, 0.3) is 5.91 Å². The van der Waals surface area contributed by atoms with Gasteiger partial charge in [0.15, 0.2) is 27.3 Å². The number of carbonyl (C=O) groups excluding carboxylic acids is 1. The normalized spacial score (nSPS) is 26.6. The van der Waals surface area contributed by atoms with E-state index in [4.69, 9.17) is 11.6 Å². The Hall–Kier alpha value is -2.14. The summed E-state index contributed by atoms with van der Waals surface area (Å²) >= 11 is 6.23. The minimum atomic E-state index is -4.05. The fraction of sp³-hybridized carbons (Fsp3) is 0.458. The van der Waals surface area contributed by atoms with Gasteiger partial charge in [0.1, 0.15) is 0 Å². The number of halogens is 4. The molecule has 0 spiro atoms. The molecule has 190 valence electrons. The first-order valence-corrected chi connectivity index (χ1v) is 13.0. The van der Waals surface area contributed by atoms with Gasteiger partial charge in [-0.05, 0) is 69.6 Å². The third-order valence-corrected chi connectivity index (χ3v) is 10.2. The van der Waals surface area contributed by atoms with Crippen LogP contribution < -0.4 is 5.32 Å². The maximum Gasteiger partial charge on any atom is 0.255 e. The van der Waals surface area contributed by atoms with Gasteiger partial charge < -0.3 is 15.5 Å². The maximum atomic E-state index is 13.7. The minimum absolute atomic E-state index is 0.0943. The standard InChI is InChI=1S/C24H25ClF3NO5S/c1-23(2,31)24(32)10-13-3-4-14(11-24)21(13)35(33,34)19-7-12(5-6-16(19)25)22(30)29-15-8-17(26)20(28)18(27)9-15/h5-9,13-14,21,31-32H,3-4,10-11H2,1-2H3,(H,29,30)/t13-,14?,21?,24+/m0/s1. The molecule has 0 aliphatic heterocycles. The zero-order valence-electron chi connectivity index (χ0n) is 19.0. The van der Waals surface area contributed by atoms with Crippen LogP contribution in [0.25, 0.3) is 0 Å². The molecule has 2 saturated carbocycles. The zero-order valence-corrected chi connectivity index (χ0v) is 20.6. The molecule has 4 rings (SSSR count). The summed E-state index contributed by atoms with van der Waals surface area (Å²) < 4.78 is 67.5. The predicted octanol–water partition coefficient (Wildman–Crippen LogP) is 4.47. The molecule has 0 heterocycles. The summed E-state index contributed by atoms with van der Waals surface area (Å²) in [5.74, 6) is -6.34. The van der Waals surface area contributed by atoms with Crippen LogP contribution in [-0.4, -0.2) is 41.0 Å². The Labute approximate surface area is 206 Å². The minimum Gasteiger partial charge on any atom is -0.387 e. The molecule has 2 aliphatic rings. The molecule has 2 aliphatic carbocycles. The van der Waals surface area contributed by atoms with Gasteiger partial charge in [-0.15, -0.1) is 0 Å². The number of anilines is 1. The fourth-order valence-corrected chi connectivity index (χ4v) is 8.22. The summed E-state index contributed by atoms with van der Waals surface area (Å²) in [6.45, 7) is 3.00. The molecular formula is C24H25ClF3NO5S. The van der Waals surface area contributed by atoms with Crippen molar-refractivity contribution in [1.29, 1.82) is 0 Å². The van der Waals surface area contributed by atoms with Crippen molar-refractivity contribution in [3.05, 3.63) is 58.4 Å². The predicted molar refractivity (Wildman–Crippen MR) is 123 cm³/mol. The van der Waals surface area contributed by atoms with E-state index in [1.807, 2.05) is 0 Å². The van der Waals surface area contributed by atoms with Gasteiger partial charge in [0.05, 0.1) is 26.4 Å². The van der Waals surface area contributed by atoms with Crippen molar-refractivity contribution in [2.75, 3.05) is 5.32 Å². The second kappa shape index (κ2) is 8.76. The topological polar surface area (TPSA) is 104 Å². The van der Waals surface area contributed by atoms with E-state index >= 15 is 0 Å². The van der Waals surface area contributed by atoms with Gasteiger partial charge in [0, 0.05) is 23.4 Å². The number of carbonyl (C=O) groups is 1. The Balaban J connectivity index is 1.63. The molecule has 0 saturated heterocycles. The fourth-order valence-electron chi connectivity index (χ4n) is 5.38. The molecule has 2 unspecified atom stereocenters. The molecule has 6 nitrogen and oxygen atoms in total. The molecular weight excluding hydrogens is 507 g/mol. The summed E-state index contributed by atoms with van der Waals surface area (Å²) in [5, 5.41) is 22.7. The Morgan fingerprint density at radius 1 is 1.09 bits per heavy atom. The van der Waals surface area contributed by atoms with Crippen molar-refractivity contribution in [2.45, 2.75) is 60.9 Å². The third kappa shape index (κ3) is 4.57. The molecule has 2 fully saturated rings. The van der Waals surface area contributed by atoms with Crippen molar-refractivity contribution < 1.29 is 36.6 Å². The number of fused-ring (bicyclic) bond motifs is 2. The van der Waals surface area contributed by atoms with Crippen molar-refractivity contribution in [1.82, 2.24) is 0 Å². The number of sulfone groups is 1. The number of rotatable bonds is 5. The summed E-state index contributed by atoms with van der Waals surface area (Å²) in [5.41, 5.74) is -3.30. The van der Waals surface area contributed by atoms with E-state index in [9.17, 15) is 36.6 Å². The second-order valence-corrected chi connectivity index (χ2v) is 12.4. The molecule has 2 aromatic carbocycles. The van der Waals surface area contributed by atoms with Crippen molar-refractivity contribution in [2.24, 2.45) is 11.8 Å². The first-order chi connectivity index (χ1) is 16.1. The summed E-state index contributed by atoms with van der Waals surface area (Å²) in [7, 11) is -4.05. The van der Waals surface area contributed by atoms with E-state index in [-0.39, 0.29) is 34.0 Å². The number of hydrogen-bond donors (Lipinski definition) is 3. The van der Waals surface area contributed by atoms with Crippen LogP contribution in [0.2, 0.25) is 5.02 Å². The van der Waals surface area contributed by atoms with Crippen LogP contribution in [0, 0.1) is 29.3 Å². The van der Waals surface area contributed by atoms with Crippen LogP contribution in [0.5, 0.6) is 0 Å². The molecule has 2 aromatic rings. The lowest BCUT2D eigenvalue weighted by Gasteiger charge is -2.47. The van der Waals surface area contributed by atoms with Crippen molar-refractivity contribution in [3.63, 3.8) is 0 Å². The molecule has 3 N–H and O–H groups in total. The van der Waals surface area contributed by atoms with E-state index in [0.717, 1.165) is 6.07 Å². The average molecular weight is 532 g/mol. The highest BCUT2D eigenvalue weighted by molar-refractivity contribution is 7.92. The van der Waals surface area contributed by atoms with Gasteiger partial charge in [-0.25, -0.2) is 21.6 Å². The number of aliphatic hydroxyl groups is 2. The van der Waals surface area contributed by atoms with Crippen LogP contribution in [0.4, 0.5) is 18.9 Å². The van der Waals surface area contributed by atoms with Crippen LogP contribution in [0.1, 0.15) is 49.9 Å². The SMILES string of the molecule is CC(C)(O)[C@]1(O)CC2CC[C@@H](C1)C2S(=O)(=O)c1cc(C(=O)Nc2cc(F)c(F)c(F)c2)ccc1Cl. The smallest absolute Gasteiger partial charge is 0.255 e. The van der Waals surface area contributed by atoms with Crippen LogP contribution in [-0.2, 0) is 9.84 Å². The quantitative estimate of drug-likeness (QED) is 0.494. The molecule has 0 radical (unpaired) electrons. The van der Waals surface area contributed by atoms with Gasteiger partial charge in [-0.3, -0.25) is 4.79 Å². The highest BCUT2D eigenvalue weighted by Crippen LogP contribution is 2.53. The average Bonchev–Trinajstić information content (AvgIpc) is 3.04. The van der Waals surface area contributed by atoms with Crippen LogP contribution in [0.3, 0.4) is 0 Å². The van der Waals surface area contributed by atoms with Gasteiger partial charge in [-0.2, -0.15) is 0 Å². The van der Waals surface area contributed by atoms with E-state index in [2.05, 4.69) is 5.32 Å². The largest absolute Gasteiger partial charge is 0.387 e. The van der Waals surface area contributed by atoms with E-state index < -0.39 is 61.5 Å². The highest BCUT2D eigenvalue weighted by Gasteiger charge is 2.58. The lowest BCUT2D eigenvalue weighted by molar-refractivity contribution is -0.159.